The molecule has 5 nitrogen and oxygen atoms in total. The molecule has 0 bridgehead atoms. The van der Waals surface area contributed by atoms with Gasteiger partial charge in [-0.2, -0.15) is 0 Å². The summed E-state index contributed by atoms with van der Waals surface area (Å²) in [4.78, 5) is 26.0. The van der Waals surface area contributed by atoms with E-state index in [1.54, 1.807) is 20.2 Å². The Kier molecular flexibility index (Phi) is 6.77. The molecule has 5 heteroatoms. The highest BCUT2D eigenvalue weighted by molar-refractivity contribution is 5.98. The van der Waals surface area contributed by atoms with Crippen molar-refractivity contribution in [2.75, 3.05) is 26.0 Å². The van der Waals surface area contributed by atoms with E-state index in [-0.39, 0.29) is 18.4 Å². The smallest absolute Gasteiger partial charge is 0.246 e. The monoisotopic (exact) mass is 366 g/mol. The van der Waals surface area contributed by atoms with E-state index in [4.69, 9.17) is 4.74 Å². The molecule has 0 aliphatic carbocycles. The van der Waals surface area contributed by atoms with E-state index in [1.807, 2.05) is 57.2 Å². The van der Waals surface area contributed by atoms with Gasteiger partial charge in [-0.15, -0.1) is 0 Å². The number of hydrogen-bond donors (Lipinski definition) is 1. The van der Waals surface area contributed by atoms with Gasteiger partial charge in [0.05, 0.1) is 13.7 Å². The van der Waals surface area contributed by atoms with E-state index in [0.717, 1.165) is 27.9 Å². The van der Waals surface area contributed by atoms with Gasteiger partial charge in [0, 0.05) is 24.4 Å². The molecule has 0 aliphatic heterocycles. The summed E-state index contributed by atoms with van der Waals surface area (Å²) in [6.07, 6.45) is 3.12. The zero-order chi connectivity index (χ0) is 20.0. The van der Waals surface area contributed by atoms with E-state index in [0.29, 0.717) is 5.75 Å². The van der Waals surface area contributed by atoms with Gasteiger partial charge in [0.25, 0.3) is 0 Å². The van der Waals surface area contributed by atoms with Crippen LogP contribution in [0.4, 0.5) is 5.69 Å². The third-order valence-electron chi connectivity index (χ3n) is 4.24. The molecular weight excluding hydrogens is 340 g/mol. The van der Waals surface area contributed by atoms with Crippen LogP contribution in [0.1, 0.15) is 22.3 Å². The Morgan fingerprint density at radius 1 is 1.11 bits per heavy atom. The summed E-state index contributed by atoms with van der Waals surface area (Å²) in [6.45, 7) is 5.91. The molecule has 2 aromatic carbocycles. The van der Waals surface area contributed by atoms with Crippen LogP contribution in [0, 0.1) is 20.8 Å². The fraction of sp³-hybridized carbons (Fsp3) is 0.273. The van der Waals surface area contributed by atoms with Crippen molar-refractivity contribution in [3.8, 4) is 5.75 Å². The maximum atomic E-state index is 12.3. The predicted molar refractivity (Wildman–Crippen MR) is 109 cm³/mol. The molecule has 2 aromatic rings. The summed E-state index contributed by atoms with van der Waals surface area (Å²) in [7, 11) is 3.18. The Balaban J connectivity index is 2.00. The van der Waals surface area contributed by atoms with Gasteiger partial charge in [-0.25, -0.2) is 0 Å². The van der Waals surface area contributed by atoms with Gasteiger partial charge >= 0.3 is 0 Å². The number of likely N-dealkylation sites (N-methyl/N-ethyl adjacent to an activating group) is 1. The number of rotatable bonds is 6. The molecule has 0 spiro atoms. The van der Waals surface area contributed by atoms with Crippen LogP contribution in [-0.4, -0.2) is 37.4 Å². The van der Waals surface area contributed by atoms with E-state index in [2.05, 4.69) is 5.32 Å². The number of methoxy groups -OCH3 is 1. The van der Waals surface area contributed by atoms with Crippen molar-refractivity contribution < 1.29 is 14.3 Å². The molecule has 0 aliphatic rings. The van der Waals surface area contributed by atoms with Crippen molar-refractivity contribution in [1.82, 2.24) is 4.90 Å². The number of ether oxygens (including phenoxy) is 1. The molecule has 0 saturated carbocycles. The Bertz CT molecular complexity index is 849. The number of carbonyl (C=O) groups excluding carboxylic acids is 2. The van der Waals surface area contributed by atoms with E-state index in [1.165, 1.54) is 11.0 Å². The standard InChI is InChI=1S/C22H26N2O3/c1-15-12-16(2)22(17(3)13-15)23-20(25)14-24(4)21(26)11-10-18-8-6-7-9-19(18)27-5/h6-13H,14H2,1-5H3,(H,23,25)/b11-10+. The molecule has 2 rings (SSSR count). The van der Waals surface area contributed by atoms with Crippen LogP contribution >= 0.6 is 0 Å². The summed E-state index contributed by atoms with van der Waals surface area (Å²) in [5.74, 6) is 0.201. The largest absolute Gasteiger partial charge is 0.496 e. The maximum Gasteiger partial charge on any atom is 0.246 e. The zero-order valence-electron chi connectivity index (χ0n) is 16.5. The molecule has 0 radical (unpaired) electrons. The summed E-state index contributed by atoms with van der Waals surface area (Å²) in [6, 6.07) is 11.5. The molecule has 0 aromatic heterocycles. The van der Waals surface area contributed by atoms with Crippen molar-refractivity contribution in [2.45, 2.75) is 20.8 Å². The quantitative estimate of drug-likeness (QED) is 0.793. The third kappa shape index (κ3) is 5.45. The lowest BCUT2D eigenvalue weighted by Crippen LogP contribution is -2.34. The second kappa shape index (κ2) is 9.03. The highest BCUT2D eigenvalue weighted by Gasteiger charge is 2.13. The van der Waals surface area contributed by atoms with Crippen molar-refractivity contribution >= 4 is 23.6 Å². The minimum atomic E-state index is -0.256. The predicted octanol–water partition coefficient (Wildman–Crippen LogP) is 3.73. The number of anilines is 1. The average molecular weight is 366 g/mol. The van der Waals surface area contributed by atoms with Gasteiger partial charge in [-0.1, -0.05) is 35.9 Å². The molecule has 27 heavy (non-hydrogen) atoms. The first-order valence-electron chi connectivity index (χ1n) is 8.75. The summed E-state index contributed by atoms with van der Waals surface area (Å²) >= 11 is 0. The molecule has 0 atom stereocenters. The van der Waals surface area contributed by atoms with E-state index < -0.39 is 0 Å². The first-order chi connectivity index (χ1) is 12.8. The molecule has 0 fully saturated rings. The number of aryl methyl sites for hydroxylation is 3. The third-order valence-corrected chi connectivity index (χ3v) is 4.24. The Hall–Kier alpha value is -3.08. The van der Waals surface area contributed by atoms with Crippen molar-refractivity contribution in [3.63, 3.8) is 0 Å². The second-order valence-corrected chi connectivity index (χ2v) is 6.59. The number of nitrogens with zero attached hydrogens (tertiary/aromatic N) is 1. The fourth-order valence-corrected chi connectivity index (χ4v) is 2.94. The zero-order valence-corrected chi connectivity index (χ0v) is 16.5. The fourth-order valence-electron chi connectivity index (χ4n) is 2.94. The maximum absolute atomic E-state index is 12.3. The van der Waals surface area contributed by atoms with Crippen LogP contribution in [0.5, 0.6) is 5.75 Å². The van der Waals surface area contributed by atoms with Crippen LogP contribution < -0.4 is 10.1 Å². The van der Waals surface area contributed by atoms with Crippen molar-refractivity contribution in [3.05, 3.63) is 64.7 Å². The lowest BCUT2D eigenvalue weighted by atomic mass is 10.1. The Labute approximate surface area is 160 Å². The van der Waals surface area contributed by atoms with Crippen LogP contribution in [0.15, 0.2) is 42.5 Å². The SMILES string of the molecule is COc1ccccc1/C=C/C(=O)N(C)CC(=O)Nc1c(C)cc(C)cc1C. The first-order valence-corrected chi connectivity index (χ1v) is 8.75. The number of carbonyl (C=O) groups is 2. The van der Waals surface area contributed by atoms with Crippen LogP contribution in [-0.2, 0) is 9.59 Å². The number of para-hydroxylation sites is 1. The van der Waals surface area contributed by atoms with Crippen molar-refractivity contribution in [1.29, 1.82) is 0 Å². The minimum Gasteiger partial charge on any atom is -0.496 e. The minimum absolute atomic E-state index is 0.0259. The lowest BCUT2D eigenvalue weighted by molar-refractivity contribution is -0.129. The first kappa shape index (κ1) is 20.2. The number of nitrogens with one attached hydrogen (secondary N) is 1. The van der Waals surface area contributed by atoms with Crippen LogP contribution in [0.3, 0.4) is 0 Å². The van der Waals surface area contributed by atoms with E-state index in [9.17, 15) is 9.59 Å². The highest BCUT2D eigenvalue weighted by Crippen LogP contribution is 2.22. The Morgan fingerprint density at radius 3 is 2.37 bits per heavy atom. The summed E-state index contributed by atoms with van der Waals surface area (Å²) in [5, 5.41) is 2.91. The van der Waals surface area contributed by atoms with E-state index >= 15 is 0 Å². The molecule has 2 amide bonds. The van der Waals surface area contributed by atoms with Gasteiger partial charge in [-0.05, 0) is 44.0 Å². The van der Waals surface area contributed by atoms with Crippen LogP contribution in [0.25, 0.3) is 6.08 Å². The second-order valence-electron chi connectivity index (χ2n) is 6.59. The normalized spacial score (nSPS) is 10.7. The Morgan fingerprint density at radius 2 is 1.74 bits per heavy atom. The van der Waals surface area contributed by atoms with Gasteiger partial charge in [0.15, 0.2) is 0 Å². The number of amides is 2. The number of benzene rings is 2. The van der Waals surface area contributed by atoms with Crippen molar-refractivity contribution in [2.24, 2.45) is 0 Å². The summed E-state index contributed by atoms with van der Waals surface area (Å²) < 4.78 is 5.26. The highest BCUT2D eigenvalue weighted by atomic mass is 16.5. The van der Waals surface area contributed by atoms with Gasteiger partial charge in [0.2, 0.25) is 11.8 Å². The number of hydrogen-bond acceptors (Lipinski definition) is 3. The van der Waals surface area contributed by atoms with Gasteiger partial charge in [-0.3, -0.25) is 9.59 Å². The lowest BCUT2D eigenvalue weighted by Gasteiger charge is -2.17. The molecule has 0 heterocycles. The topological polar surface area (TPSA) is 58.6 Å². The molecule has 0 saturated heterocycles. The van der Waals surface area contributed by atoms with Gasteiger partial charge in [0.1, 0.15) is 5.75 Å². The molecule has 1 N–H and O–H groups in total. The molecule has 142 valence electrons. The molecular formula is C22H26N2O3. The summed E-state index contributed by atoms with van der Waals surface area (Å²) in [5.41, 5.74) is 4.77. The average Bonchev–Trinajstić information content (AvgIpc) is 2.62. The molecule has 0 unspecified atom stereocenters. The van der Waals surface area contributed by atoms with Crippen LogP contribution in [0.2, 0.25) is 0 Å². The van der Waals surface area contributed by atoms with Gasteiger partial charge < -0.3 is 15.0 Å².